The molecule has 1 fully saturated rings. The summed E-state index contributed by atoms with van der Waals surface area (Å²) in [5.74, 6) is 1.12. The lowest BCUT2D eigenvalue weighted by Crippen LogP contribution is -2.21. The van der Waals surface area contributed by atoms with E-state index in [1.165, 1.54) is 0 Å². The van der Waals surface area contributed by atoms with E-state index >= 15 is 0 Å². The first-order valence-electron chi connectivity index (χ1n) is 6.81. The third-order valence-electron chi connectivity index (χ3n) is 3.50. The van der Waals surface area contributed by atoms with Gasteiger partial charge in [0, 0.05) is 11.6 Å². The number of aromatic nitrogens is 3. The minimum absolute atomic E-state index is 0.107. The van der Waals surface area contributed by atoms with Crippen LogP contribution in [0.4, 0.5) is 5.69 Å². The summed E-state index contributed by atoms with van der Waals surface area (Å²) >= 11 is 0. The van der Waals surface area contributed by atoms with Gasteiger partial charge in [0.1, 0.15) is 17.9 Å². The number of nitrogens with zero attached hydrogens (tertiary/aromatic N) is 3. The third-order valence-corrected chi connectivity index (χ3v) is 3.50. The van der Waals surface area contributed by atoms with E-state index in [4.69, 9.17) is 4.52 Å². The van der Waals surface area contributed by atoms with Crippen LogP contribution in [0.1, 0.15) is 41.6 Å². The quantitative estimate of drug-likeness (QED) is 0.928. The predicted octanol–water partition coefficient (Wildman–Crippen LogP) is 2.31. The lowest BCUT2D eigenvalue weighted by molar-refractivity contribution is -0.117. The molecule has 0 radical (unpaired) electrons. The summed E-state index contributed by atoms with van der Waals surface area (Å²) in [6, 6.07) is 1.95. The summed E-state index contributed by atoms with van der Waals surface area (Å²) in [5, 5.41) is 11.1. The molecule has 0 aliphatic heterocycles. The Morgan fingerprint density at radius 3 is 2.80 bits per heavy atom. The van der Waals surface area contributed by atoms with Gasteiger partial charge in [-0.1, -0.05) is 5.16 Å². The first-order valence-corrected chi connectivity index (χ1v) is 6.81. The lowest BCUT2D eigenvalue weighted by atomic mass is 10.2. The maximum atomic E-state index is 12.1. The second-order valence-electron chi connectivity index (χ2n) is 5.41. The summed E-state index contributed by atoms with van der Waals surface area (Å²) < 4.78 is 7.01. The Balaban J connectivity index is 1.73. The molecule has 6 nitrogen and oxygen atoms in total. The summed E-state index contributed by atoms with van der Waals surface area (Å²) in [6.07, 6.45) is 2.21. The first-order chi connectivity index (χ1) is 9.54. The summed E-state index contributed by atoms with van der Waals surface area (Å²) in [6.45, 7) is 5.90. The van der Waals surface area contributed by atoms with Crippen LogP contribution in [-0.4, -0.2) is 20.8 Å². The highest BCUT2D eigenvalue weighted by molar-refractivity contribution is 5.91. The summed E-state index contributed by atoms with van der Waals surface area (Å²) in [7, 11) is 0. The number of carbonyl (C=O) groups is 1. The van der Waals surface area contributed by atoms with Crippen LogP contribution >= 0.6 is 0 Å². The lowest BCUT2D eigenvalue weighted by Gasteiger charge is -2.06. The molecule has 2 heterocycles. The van der Waals surface area contributed by atoms with Crippen molar-refractivity contribution >= 4 is 11.6 Å². The molecule has 1 N–H and O–H groups in total. The molecular weight excluding hydrogens is 256 g/mol. The van der Waals surface area contributed by atoms with Gasteiger partial charge in [0.05, 0.1) is 5.69 Å². The van der Waals surface area contributed by atoms with E-state index in [2.05, 4.69) is 15.6 Å². The highest BCUT2D eigenvalue weighted by Gasteiger charge is 2.32. The van der Waals surface area contributed by atoms with Gasteiger partial charge in [0.25, 0.3) is 0 Å². The average molecular weight is 274 g/mol. The maximum Gasteiger partial charge on any atom is 0.246 e. The fourth-order valence-electron chi connectivity index (χ4n) is 2.31. The van der Waals surface area contributed by atoms with Gasteiger partial charge < -0.3 is 9.84 Å². The molecule has 0 aromatic carbocycles. The van der Waals surface area contributed by atoms with Gasteiger partial charge in [-0.25, -0.2) is 0 Å². The fourth-order valence-corrected chi connectivity index (χ4v) is 2.31. The van der Waals surface area contributed by atoms with Crippen LogP contribution in [0, 0.1) is 20.8 Å². The Hall–Kier alpha value is -2.11. The molecule has 2 aromatic rings. The van der Waals surface area contributed by atoms with Gasteiger partial charge in [-0.15, -0.1) is 0 Å². The molecule has 1 aliphatic carbocycles. The average Bonchev–Trinajstić information content (AvgIpc) is 3.09. The molecule has 2 aromatic heterocycles. The zero-order valence-corrected chi connectivity index (χ0v) is 11.9. The van der Waals surface area contributed by atoms with E-state index in [0.717, 1.165) is 41.4 Å². The van der Waals surface area contributed by atoms with E-state index in [0.29, 0.717) is 5.92 Å². The molecule has 1 saturated carbocycles. The molecule has 0 unspecified atom stereocenters. The number of aryl methyl sites for hydroxylation is 3. The Morgan fingerprint density at radius 2 is 2.20 bits per heavy atom. The molecule has 6 heteroatoms. The van der Waals surface area contributed by atoms with Crippen molar-refractivity contribution in [3.63, 3.8) is 0 Å². The van der Waals surface area contributed by atoms with Crippen LogP contribution in [0.25, 0.3) is 0 Å². The first kappa shape index (κ1) is 12.9. The third kappa shape index (κ3) is 2.45. The smallest absolute Gasteiger partial charge is 0.246 e. The van der Waals surface area contributed by atoms with Gasteiger partial charge in [-0.05, 0) is 39.7 Å². The van der Waals surface area contributed by atoms with Crippen LogP contribution in [0.5, 0.6) is 0 Å². The van der Waals surface area contributed by atoms with E-state index in [9.17, 15) is 4.79 Å². The van der Waals surface area contributed by atoms with Crippen molar-refractivity contribution in [1.29, 1.82) is 0 Å². The van der Waals surface area contributed by atoms with Gasteiger partial charge >= 0.3 is 0 Å². The fraction of sp³-hybridized carbons (Fsp3) is 0.500. The minimum atomic E-state index is -0.107. The second-order valence-corrected chi connectivity index (χ2v) is 5.41. The number of carbonyl (C=O) groups excluding carboxylic acids is 1. The van der Waals surface area contributed by atoms with Gasteiger partial charge in [0.15, 0.2) is 5.76 Å². The normalized spacial score (nSPS) is 14.6. The maximum absolute atomic E-state index is 12.1. The van der Waals surface area contributed by atoms with Crippen molar-refractivity contribution in [3.8, 4) is 0 Å². The zero-order chi connectivity index (χ0) is 14.3. The monoisotopic (exact) mass is 274 g/mol. The minimum Gasteiger partial charge on any atom is -0.359 e. The Labute approximate surface area is 117 Å². The molecule has 1 aliphatic rings. The largest absolute Gasteiger partial charge is 0.359 e. The van der Waals surface area contributed by atoms with E-state index < -0.39 is 0 Å². The van der Waals surface area contributed by atoms with Crippen LogP contribution in [0.3, 0.4) is 0 Å². The number of anilines is 1. The molecular formula is C14H18N4O2. The molecule has 1 amide bonds. The Bertz CT molecular complexity index is 652. The molecule has 0 saturated heterocycles. The van der Waals surface area contributed by atoms with Crippen molar-refractivity contribution in [2.24, 2.45) is 0 Å². The zero-order valence-electron chi connectivity index (χ0n) is 11.9. The number of hydrogen-bond donors (Lipinski definition) is 1. The highest BCUT2D eigenvalue weighted by Crippen LogP contribution is 2.44. The van der Waals surface area contributed by atoms with Gasteiger partial charge in [-0.2, -0.15) is 5.10 Å². The highest BCUT2D eigenvalue weighted by atomic mass is 16.5. The molecule has 0 spiro atoms. The van der Waals surface area contributed by atoms with Crippen LogP contribution in [-0.2, 0) is 11.3 Å². The van der Waals surface area contributed by atoms with E-state index in [1.807, 2.05) is 26.8 Å². The predicted molar refractivity (Wildman–Crippen MR) is 73.5 cm³/mol. The number of amides is 1. The number of hydrogen-bond acceptors (Lipinski definition) is 4. The Kier molecular flexibility index (Phi) is 3.08. The molecule has 106 valence electrons. The van der Waals surface area contributed by atoms with Crippen molar-refractivity contribution in [2.75, 3.05) is 5.32 Å². The second kappa shape index (κ2) is 4.77. The van der Waals surface area contributed by atoms with Crippen molar-refractivity contribution in [3.05, 3.63) is 28.9 Å². The topological polar surface area (TPSA) is 73.0 Å². The number of rotatable bonds is 4. The van der Waals surface area contributed by atoms with Crippen LogP contribution in [0.2, 0.25) is 0 Å². The van der Waals surface area contributed by atoms with E-state index in [-0.39, 0.29) is 12.5 Å². The summed E-state index contributed by atoms with van der Waals surface area (Å²) in [5.41, 5.74) is 3.35. The summed E-state index contributed by atoms with van der Waals surface area (Å²) in [4.78, 5) is 12.1. The van der Waals surface area contributed by atoms with E-state index in [1.54, 1.807) is 4.68 Å². The van der Waals surface area contributed by atoms with Crippen molar-refractivity contribution in [2.45, 2.75) is 46.1 Å². The van der Waals surface area contributed by atoms with Gasteiger partial charge in [0.2, 0.25) is 5.91 Å². The molecule has 20 heavy (non-hydrogen) atoms. The van der Waals surface area contributed by atoms with Crippen LogP contribution < -0.4 is 5.32 Å². The van der Waals surface area contributed by atoms with Crippen molar-refractivity contribution in [1.82, 2.24) is 14.9 Å². The molecule has 3 rings (SSSR count). The molecule has 0 atom stereocenters. The van der Waals surface area contributed by atoms with Gasteiger partial charge in [-0.3, -0.25) is 9.48 Å². The SMILES string of the molecule is Cc1cc(C)n(CC(=O)Nc2c(C)noc2C2CC2)n1. The number of nitrogens with one attached hydrogen (secondary N) is 1. The molecule has 0 bridgehead atoms. The van der Waals surface area contributed by atoms with Crippen LogP contribution in [0.15, 0.2) is 10.6 Å². The Morgan fingerprint density at radius 1 is 1.45 bits per heavy atom. The van der Waals surface area contributed by atoms with Crippen molar-refractivity contribution < 1.29 is 9.32 Å². The standard InChI is InChI=1S/C14H18N4O2/c1-8-6-9(2)18(16-8)7-12(19)15-13-10(3)17-20-14(13)11-4-5-11/h6,11H,4-5,7H2,1-3H3,(H,15,19).